The zero-order valence-corrected chi connectivity index (χ0v) is 11.9. The second-order valence-electron chi connectivity index (χ2n) is 3.98. The van der Waals surface area contributed by atoms with Crippen LogP contribution in [0, 0.1) is 10.1 Å². The summed E-state index contributed by atoms with van der Waals surface area (Å²) in [6, 6.07) is 6.98. The van der Waals surface area contributed by atoms with E-state index in [9.17, 15) is 10.1 Å². The molecular weight excluding hydrogens is 308 g/mol. The molecule has 0 fully saturated rings. The van der Waals surface area contributed by atoms with Crippen molar-refractivity contribution in [2.45, 2.75) is 0 Å². The van der Waals surface area contributed by atoms with E-state index < -0.39 is 5.03 Å². The lowest BCUT2D eigenvalue weighted by molar-refractivity contribution is -0.485. The van der Waals surface area contributed by atoms with E-state index in [1.165, 1.54) is 11.3 Å². The van der Waals surface area contributed by atoms with Gasteiger partial charge in [-0.25, -0.2) is 15.1 Å². The van der Waals surface area contributed by atoms with Gasteiger partial charge in [0.15, 0.2) is 11.0 Å². The highest BCUT2D eigenvalue weighted by molar-refractivity contribution is 7.13. The van der Waals surface area contributed by atoms with Crippen LogP contribution in [0.1, 0.15) is 0 Å². The first kappa shape index (κ1) is 15.2. The second-order valence-corrected chi connectivity index (χ2v) is 4.82. The van der Waals surface area contributed by atoms with Crippen molar-refractivity contribution in [3.8, 4) is 11.3 Å². The van der Waals surface area contributed by atoms with Gasteiger partial charge in [-0.2, -0.15) is 4.99 Å². The van der Waals surface area contributed by atoms with E-state index in [1.807, 2.05) is 6.07 Å². The molecule has 1 aromatic heterocycles. The number of hydrogen-bond acceptors (Lipinski definition) is 5. The Morgan fingerprint density at radius 3 is 2.82 bits per heavy atom. The molecule has 22 heavy (non-hydrogen) atoms. The molecule has 114 valence electrons. The minimum absolute atomic E-state index is 0.0694. The molecule has 0 amide bonds. The predicted octanol–water partition coefficient (Wildman–Crippen LogP) is 0.633. The molecule has 11 heteroatoms. The molecule has 0 unspecified atom stereocenters. The van der Waals surface area contributed by atoms with Crippen LogP contribution in [0.15, 0.2) is 39.7 Å². The standard InChI is InChI=1S/C11H12N8O2S/c12-9(13)17-11-16-8(5-22-11)6-2-1-3-7(4-6)15-10(14)18-19(20)21/h1-5H,(H3,14,15,18)(H4,12,13,16,17). The smallest absolute Gasteiger partial charge is 0.270 e. The fourth-order valence-corrected chi connectivity index (χ4v) is 2.29. The number of nitrogens with zero attached hydrogens (tertiary/aromatic N) is 4. The van der Waals surface area contributed by atoms with E-state index in [0.29, 0.717) is 16.5 Å². The van der Waals surface area contributed by atoms with Gasteiger partial charge in [-0.05, 0) is 12.1 Å². The Morgan fingerprint density at radius 1 is 1.36 bits per heavy atom. The summed E-state index contributed by atoms with van der Waals surface area (Å²) in [6.45, 7) is 0. The summed E-state index contributed by atoms with van der Waals surface area (Å²) in [5.74, 6) is -0.387. The number of rotatable bonds is 4. The molecule has 2 rings (SSSR count). The van der Waals surface area contributed by atoms with Crippen molar-refractivity contribution in [1.82, 2.24) is 4.98 Å². The fraction of sp³-hybridized carbons (Fsp3) is 0. The molecule has 0 aliphatic heterocycles. The number of nitrogens with one attached hydrogen (secondary N) is 1. The quantitative estimate of drug-likeness (QED) is 0.277. The minimum Gasteiger partial charge on any atom is -0.370 e. The summed E-state index contributed by atoms with van der Waals surface area (Å²) in [4.78, 5) is 18.4. The zero-order chi connectivity index (χ0) is 16.1. The molecule has 7 N–H and O–H groups in total. The number of hydrogen-bond donors (Lipinski definition) is 4. The van der Waals surface area contributed by atoms with Crippen LogP contribution in [0.2, 0.25) is 0 Å². The highest BCUT2D eigenvalue weighted by atomic mass is 32.1. The van der Waals surface area contributed by atoms with Gasteiger partial charge in [0.25, 0.3) is 5.96 Å². The number of benzene rings is 1. The Balaban J connectivity index is 2.23. The van der Waals surface area contributed by atoms with Gasteiger partial charge in [-0.1, -0.05) is 12.1 Å². The van der Waals surface area contributed by atoms with Crippen LogP contribution in [0.25, 0.3) is 11.3 Å². The lowest BCUT2D eigenvalue weighted by atomic mass is 10.1. The molecule has 0 radical (unpaired) electrons. The third-order valence-electron chi connectivity index (χ3n) is 2.34. The van der Waals surface area contributed by atoms with Crippen LogP contribution in [-0.4, -0.2) is 21.9 Å². The molecule has 0 aliphatic rings. The number of aromatic nitrogens is 1. The van der Waals surface area contributed by atoms with Gasteiger partial charge in [0, 0.05) is 16.6 Å². The van der Waals surface area contributed by atoms with Crippen LogP contribution >= 0.6 is 11.3 Å². The third kappa shape index (κ3) is 4.14. The molecule has 1 heterocycles. The molecule has 0 bridgehead atoms. The number of thiazole rings is 1. The third-order valence-corrected chi connectivity index (χ3v) is 3.07. The normalized spacial score (nSPS) is 11.0. The Morgan fingerprint density at radius 2 is 2.14 bits per heavy atom. The van der Waals surface area contributed by atoms with Crippen molar-refractivity contribution < 1.29 is 5.03 Å². The summed E-state index contributed by atoms with van der Waals surface area (Å²) in [5, 5.41) is 17.1. The first-order valence-corrected chi connectivity index (χ1v) is 6.73. The molecule has 1 aromatic carbocycles. The highest BCUT2D eigenvalue weighted by Gasteiger charge is 2.06. The van der Waals surface area contributed by atoms with Gasteiger partial charge in [-0.3, -0.25) is 0 Å². The predicted molar refractivity (Wildman–Crippen MR) is 85.3 cm³/mol. The Kier molecular flexibility index (Phi) is 4.48. The monoisotopic (exact) mass is 320 g/mol. The van der Waals surface area contributed by atoms with Crippen molar-refractivity contribution in [2.24, 2.45) is 27.3 Å². The first-order chi connectivity index (χ1) is 10.4. The largest absolute Gasteiger partial charge is 0.370 e. The van der Waals surface area contributed by atoms with Crippen molar-refractivity contribution in [1.29, 1.82) is 0 Å². The Hall–Kier alpha value is -3.21. The Bertz CT molecular complexity index is 750. The molecule has 0 saturated carbocycles. The van der Waals surface area contributed by atoms with Crippen molar-refractivity contribution >= 4 is 34.1 Å². The molecule has 0 saturated heterocycles. The maximum atomic E-state index is 10.2. The lowest BCUT2D eigenvalue weighted by Crippen LogP contribution is -2.23. The van der Waals surface area contributed by atoms with Gasteiger partial charge >= 0.3 is 0 Å². The topological polar surface area (TPSA) is 171 Å². The molecule has 0 spiro atoms. The molecular formula is C11H12N8O2S. The van der Waals surface area contributed by atoms with Crippen LogP contribution in [0.4, 0.5) is 10.8 Å². The van der Waals surface area contributed by atoms with Crippen molar-refractivity contribution in [2.75, 3.05) is 5.32 Å². The molecule has 10 nitrogen and oxygen atoms in total. The average molecular weight is 320 g/mol. The summed E-state index contributed by atoms with van der Waals surface area (Å²) >= 11 is 1.28. The van der Waals surface area contributed by atoms with Gasteiger partial charge in [0.2, 0.25) is 5.13 Å². The van der Waals surface area contributed by atoms with E-state index in [0.717, 1.165) is 5.56 Å². The summed E-state index contributed by atoms with van der Waals surface area (Å²) in [5.41, 5.74) is 18.0. The van der Waals surface area contributed by atoms with Crippen molar-refractivity contribution in [3.05, 3.63) is 39.8 Å². The fourth-order valence-electron chi connectivity index (χ4n) is 1.58. The lowest BCUT2D eigenvalue weighted by Gasteiger charge is -2.04. The number of aliphatic imine (C=N–C) groups is 1. The van der Waals surface area contributed by atoms with Crippen LogP contribution in [-0.2, 0) is 0 Å². The molecule has 0 aliphatic carbocycles. The van der Waals surface area contributed by atoms with E-state index in [2.05, 4.69) is 20.4 Å². The van der Waals surface area contributed by atoms with E-state index in [4.69, 9.17) is 17.2 Å². The van der Waals surface area contributed by atoms with Crippen LogP contribution in [0.5, 0.6) is 0 Å². The average Bonchev–Trinajstić information content (AvgIpc) is 2.85. The zero-order valence-electron chi connectivity index (χ0n) is 11.1. The van der Waals surface area contributed by atoms with Gasteiger partial charge < -0.3 is 22.5 Å². The summed E-state index contributed by atoms with van der Waals surface area (Å²) in [6.07, 6.45) is 0. The molecule has 2 aromatic rings. The van der Waals surface area contributed by atoms with E-state index >= 15 is 0 Å². The number of nitro groups is 1. The number of nitrogens with two attached hydrogens (primary N) is 3. The van der Waals surface area contributed by atoms with Gasteiger partial charge in [0.05, 0.1) is 5.69 Å². The van der Waals surface area contributed by atoms with Gasteiger partial charge in [-0.15, -0.1) is 11.3 Å². The van der Waals surface area contributed by atoms with Gasteiger partial charge in [0.1, 0.15) is 5.10 Å². The summed E-state index contributed by atoms with van der Waals surface area (Å²) in [7, 11) is 0. The van der Waals surface area contributed by atoms with Crippen LogP contribution in [0.3, 0.4) is 0 Å². The molecule has 0 atom stereocenters. The Labute approximate surface area is 128 Å². The number of guanidine groups is 2. The number of anilines is 1. The number of hydrazone groups is 1. The maximum Gasteiger partial charge on any atom is 0.270 e. The SMILES string of the molecule is NC(N)=Nc1nc(-c2cccc(NC(N)=N[N+](=O)[O-])c2)cs1. The maximum absolute atomic E-state index is 10.2. The first-order valence-electron chi connectivity index (χ1n) is 5.85. The highest BCUT2D eigenvalue weighted by Crippen LogP contribution is 2.28. The van der Waals surface area contributed by atoms with E-state index in [1.54, 1.807) is 23.6 Å². The second kappa shape index (κ2) is 6.49. The van der Waals surface area contributed by atoms with Crippen molar-refractivity contribution in [3.63, 3.8) is 0 Å². The minimum atomic E-state index is -0.881. The van der Waals surface area contributed by atoms with Crippen LogP contribution < -0.4 is 22.5 Å². The van der Waals surface area contributed by atoms with E-state index in [-0.39, 0.29) is 11.9 Å². The summed E-state index contributed by atoms with van der Waals surface area (Å²) < 4.78 is 0.